The van der Waals surface area contributed by atoms with E-state index in [1.54, 1.807) is 0 Å². The van der Waals surface area contributed by atoms with Crippen molar-refractivity contribution in [3.8, 4) is 5.75 Å². The van der Waals surface area contributed by atoms with E-state index in [0.29, 0.717) is 0 Å². The third-order valence-electron chi connectivity index (χ3n) is 5.96. The lowest BCUT2D eigenvalue weighted by atomic mass is 10.2. The van der Waals surface area contributed by atoms with E-state index in [9.17, 15) is 0 Å². The fraction of sp³-hybridized carbons (Fsp3) is 0.625. The third-order valence-corrected chi connectivity index (χ3v) is 5.96. The van der Waals surface area contributed by atoms with Gasteiger partial charge in [0.15, 0.2) is 0 Å². The van der Waals surface area contributed by atoms with Gasteiger partial charge in [0, 0.05) is 76.4 Å². The smallest absolute Gasteiger partial charge is 0.123 e. The molecule has 0 saturated carbocycles. The number of hydrogen-bond acceptors (Lipinski definition) is 6. The number of aromatic nitrogens is 2. The molecule has 1 saturated heterocycles. The Balaban J connectivity index is 1.56. The fourth-order valence-corrected chi connectivity index (χ4v) is 3.98. The van der Waals surface area contributed by atoms with Crippen molar-refractivity contribution in [3.05, 3.63) is 47.5 Å². The molecule has 3 rings (SSSR count). The molecule has 31 heavy (non-hydrogen) atoms. The van der Waals surface area contributed by atoms with Crippen molar-refractivity contribution in [1.82, 2.24) is 29.6 Å². The molecule has 1 aliphatic rings. The molecule has 2 aromatic rings. The number of hydrogen-bond donors (Lipinski definition) is 1. The van der Waals surface area contributed by atoms with Crippen molar-refractivity contribution in [2.24, 2.45) is 0 Å². The standard InChI is InChI=1S/C24H40N6O/c1-5-28-12-14-29(15-13-28)16-17-31-24-9-7-6-8-22(24)19-30(11-10-27(3)4)20-23-18-25-21(2)26-23/h6-9,18H,5,10-17,19-20H2,1-4H3,(H,25,26). The van der Waals surface area contributed by atoms with Crippen LogP contribution in [0.5, 0.6) is 5.75 Å². The molecule has 1 aromatic heterocycles. The Kier molecular flexibility index (Phi) is 9.33. The van der Waals surface area contributed by atoms with Crippen LogP contribution in [0, 0.1) is 6.92 Å². The maximum atomic E-state index is 6.26. The van der Waals surface area contributed by atoms with Gasteiger partial charge in [-0.2, -0.15) is 0 Å². The van der Waals surface area contributed by atoms with Gasteiger partial charge in [-0.3, -0.25) is 9.80 Å². The number of benzene rings is 1. The molecule has 1 aromatic carbocycles. The number of imidazole rings is 1. The van der Waals surface area contributed by atoms with Gasteiger partial charge in [-0.25, -0.2) is 4.98 Å². The number of nitrogens with one attached hydrogen (secondary N) is 1. The number of H-pyrrole nitrogens is 1. The van der Waals surface area contributed by atoms with Crippen molar-refractivity contribution in [2.75, 3.05) is 73.1 Å². The van der Waals surface area contributed by atoms with Gasteiger partial charge < -0.3 is 19.5 Å². The van der Waals surface area contributed by atoms with Gasteiger partial charge in [-0.05, 0) is 33.6 Å². The highest BCUT2D eigenvalue weighted by molar-refractivity contribution is 5.33. The van der Waals surface area contributed by atoms with Crippen LogP contribution in [0.15, 0.2) is 30.5 Å². The van der Waals surface area contributed by atoms with Gasteiger partial charge in [-0.1, -0.05) is 25.1 Å². The molecule has 0 aliphatic carbocycles. The highest BCUT2D eigenvalue weighted by Crippen LogP contribution is 2.21. The zero-order chi connectivity index (χ0) is 22.1. The van der Waals surface area contributed by atoms with E-state index in [2.05, 4.69) is 74.9 Å². The lowest BCUT2D eigenvalue weighted by Gasteiger charge is -2.33. The van der Waals surface area contributed by atoms with Gasteiger partial charge >= 0.3 is 0 Å². The van der Waals surface area contributed by atoms with E-state index in [1.807, 2.05) is 13.1 Å². The molecule has 1 fully saturated rings. The number of rotatable bonds is 12. The van der Waals surface area contributed by atoms with Crippen molar-refractivity contribution in [1.29, 1.82) is 0 Å². The van der Waals surface area contributed by atoms with Crippen LogP contribution in [0.3, 0.4) is 0 Å². The van der Waals surface area contributed by atoms with Crippen molar-refractivity contribution in [2.45, 2.75) is 26.9 Å². The monoisotopic (exact) mass is 428 g/mol. The average Bonchev–Trinajstić information content (AvgIpc) is 3.18. The molecule has 2 heterocycles. The summed E-state index contributed by atoms with van der Waals surface area (Å²) < 4.78 is 6.26. The first-order valence-corrected chi connectivity index (χ1v) is 11.6. The molecule has 7 nitrogen and oxygen atoms in total. The van der Waals surface area contributed by atoms with Crippen molar-refractivity contribution < 1.29 is 4.74 Å². The van der Waals surface area contributed by atoms with Crippen LogP contribution in [-0.2, 0) is 13.1 Å². The first-order valence-electron chi connectivity index (χ1n) is 11.6. The Morgan fingerprint density at radius 2 is 1.77 bits per heavy atom. The van der Waals surface area contributed by atoms with Crippen LogP contribution >= 0.6 is 0 Å². The number of nitrogens with zero attached hydrogens (tertiary/aromatic N) is 5. The lowest BCUT2D eigenvalue weighted by Crippen LogP contribution is -2.47. The van der Waals surface area contributed by atoms with Crippen molar-refractivity contribution in [3.63, 3.8) is 0 Å². The molecule has 7 heteroatoms. The van der Waals surface area contributed by atoms with E-state index >= 15 is 0 Å². The maximum absolute atomic E-state index is 6.26. The first kappa shape index (κ1) is 23.7. The van der Waals surface area contributed by atoms with Crippen LogP contribution in [0.1, 0.15) is 24.0 Å². The summed E-state index contributed by atoms with van der Waals surface area (Å²) in [5.74, 6) is 1.97. The molecule has 0 unspecified atom stereocenters. The lowest BCUT2D eigenvalue weighted by molar-refractivity contribution is 0.120. The van der Waals surface area contributed by atoms with E-state index in [-0.39, 0.29) is 0 Å². The molecular weight excluding hydrogens is 388 g/mol. The molecule has 172 valence electrons. The zero-order valence-corrected chi connectivity index (χ0v) is 19.8. The Morgan fingerprint density at radius 3 is 2.45 bits per heavy atom. The number of para-hydroxylation sites is 1. The molecule has 0 atom stereocenters. The van der Waals surface area contributed by atoms with Crippen LogP contribution in [-0.4, -0.2) is 103 Å². The second kappa shape index (κ2) is 12.2. The number of aromatic amines is 1. The van der Waals surface area contributed by atoms with E-state index in [4.69, 9.17) is 4.74 Å². The van der Waals surface area contributed by atoms with Gasteiger partial charge in [0.25, 0.3) is 0 Å². The predicted molar refractivity (Wildman–Crippen MR) is 126 cm³/mol. The third kappa shape index (κ3) is 7.92. The Labute approximate surface area is 188 Å². The van der Waals surface area contributed by atoms with Gasteiger partial charge in [0.2, 0.25) is 0 Å². The summed E-state index contributed by atoms with van der Waals surface area (Å²) in [5.41, 5.74) is 2.40. The zero-order valence-electron chi connectivity index (χ0n) is 19.8. The summed E-state index contributed by atoms with van der Waals surface area (Å²) in [6.07, 6.45) is 1.94. The number of piperazine rings is 1. The summed E-state index contributed by atoms with van der Waals surface area (Å²) in [6.45, 7) is 15.4. The highest BCUT2D eigenvalue weighted by atomic mass is 16.5. The summed E-state index contributed by atoms with van der Waals surface area (Å²) in [7, 11) is 4.24. The summed E-state index contributed by atoms with van der Waals surface area (Å²) in [6, 6.07) is 8.48. The van der Waals surface area contributed by atoms with E-state index in [0.717, 1.165) is 76.2 Å². The molecular formula is C24H40N6O. The maximum Gasteiger partial charge on any atom is 0.123 e. The number of likely N-dealkylation sites (N-methyl/N-ethyl adjacent to an activating group) is 2. The first-order chi connectivity index (χ1) is 15.0. The van der Waals surface area contributed by atoms with Crippen LogP contribution in [0.4, 0.5) is 0 Å². The van der Waals surface area contributed by atoms with Gasteiger partial charge in [0.1, 0.15) is 18.2 Å². The molecule has 0 amide bonds. The summed E-state index contributed by atoms with van der Waals surface area (Å²) >= 11 is 0. The largest absolute Gasteiger partial charge is 0.492 e. The Bertz CT molecular complexity index is 769. The summed E-state index contributed by atoms with van der Waals surface area (Å²) in [4.78, 5) is 17.4. The van der Waals surface area contributed by atoms with Gasteiger partial charge in [-0.15, -0.1) is 0 Å². The molecule has 0 spiro atoms. The second-order valence-corrected chi connectivity index (χ2v) is 8.74. The second-order valence-electron chi connectivity index (χ2n) is 8.74. The predicted octanol–water partition coefficient (Wildman–Crippen LogP) is 2.30. The van der Waals surface area contributed by atoms with Crippen LogP contribution in [0.25, 0.3) is 0 Å². The fourth-order valence-electron chi connectivity index (χ4n) is 3.98. The highest BCUT2D eigenvalue weighted by Gasteiger charge is 2.16. The van der Waals surface area contributed by atoms with Crippen LogP contribution < -0.4 is 4.74 Å². The van der Waals surface area contributed by atoms with E-state index < -0.39 is 0 Å². The Hall–Kier alpha value is -1.93. The molecule has 1 aliphatic heterocycles. The van der Waals surface area contributed by atoms with E-state index in [1.165, 1.54) is 18.7 Å². The van der Waals surface area contributed by atoms with Crippen molar-refractivity contribution >= 4 is 0 Å². The minimum atomic E-state index is 0.737. The SMILES string of the molecule is CCN1CCN(CCOc2ccccc2CN(CCN(C)C)Cc2cnc(C)[nH]2)CC1. The topological polar surface area (TPSA) is 50.9 Å². The minimum absolute atomic E-state index is 0.737. The number of aryl methyl sites for hydroxylation is 1. The minimum Gasteiger partial charge on any atom is -0.492 e. The molecule has 1 N–H and O–H groups in total. The normalized spacial score (nSPS) is 15.8. The summed E-state index contributed by atoms with van der Waals surface area (Å²) in [5, 5.41) is 0. The Morgan fingerprint density at radius 1 is 1.03 bits per heavy atom. The average molecular weight is 429 g/mol. The number of ether oxygens (including phenoxy) is 1. The quantitative estimate of drug-likeness (QED) is 0.560. The molecule has 0 radical (unpaired) electrons. The van der Waals surface area contributed by atoms with Crippen LogP contribution in [0.2, 0.25) is 0 Å². The van der Waals surface area contributed by atoms with Gasteiger partial charge in [0.05, 0.1) is 0 Å². The molecule has 0 bridgehead atoms.